The van der Waals surface area contributed by atoms with Crippen LogP contribution in [0.5, 0.6) is 0 Å². The van der Waals surface area contributed by atoms with Crippen LogP contribution in [0.1, 0.15) is 58.8 Å². The second kappa shape index (κ2) is 13.2. The summed E-state index contributed by atoms with van der Waals surface area (Å²) < 4.78 is 0. The number of allylic oxidation sites excluding steroid dienone is 6. The second-order valence-corrected chi connectivity index (χ2v) is 4.69. The molecule has 0 aromatic heterocycles. The number of aliphatic hydroxyl groups excluding tert-OH is 1. The Kier molecular flexibility index (Phi) is 12.6. The average molecular weight is 236 g/mol. The minimum Gasteiger partial charge on any atom is -0.396 e. The van der Waals surface area contributed by atoms with E-state index in [0.29, 0.717) is 6.61 Å². The summed E-state index contributed by atoms with van der Waals surface area (Å²) >= 11 is 0. The molecule has 0 rings (SSSR count). The lowest BCUT2D eigenvalue weighted by molar-refractivity contribution is 0.282. The lowest BCUT2D eigenvalue weighted by Gasteiger charge is -1.98. The Balaban J connectivity index is 3.25. The summed E-state index contributed by atoms with van der Waals surface area (Å²) in [4.78, 5) is 0. The number of hydrogen-bond acceptors (Lipinski definition) is 1. The van der Waals surface area contributed by atoms with Crippen molar-refractivity contribution in [2.75, 3.05) is 6.61 Å². The van der Waals surface area contributed by atoms with Crippen LogP contribution in [0.3, 0.4) is 0 Å². The van der Waals surface area contributed by atoms with Gasteiger partial charge in [0.25, 0.3) is 0 Å². The Bertz CT molecular complexity index is 232. The van der Waals surface area contributed by atoms with Gasteiger partial charge in [-0.25, -0.2) is 0 Å². The van der Waals surface area contributed by atoms with Crippen LogP contribution in [0.25, 0.3) is 0 Å². The smallest absolute Gasteiger partial charge is 0.0431 e. The van der Waals surface area contributed by atoms with E-state index in [9.17, 15) is 0 Å². The quantitative estimate of drug-likeness (QED) is 0.427. The first-order valence-corrected chi connectivity index (χ1v) is 6.85. The van der Waals surface area contributed by atoms with E-state index in [1.807, 2.05) is 0 Å². The van der Waals surface area contributed by atoms with Crippen molar-refractivity contribution in [3.8, 4) is 0 Å². The molecule has 0 saturated carbocycles. The van der Waals surface area contributed by atoms with Crippen LogP contribution in [0.2, 0.25) is 0 Å². The predicted octanol–water partition coefficient (Wildman–Crippen LogP) is 4.79. The van der Waals surface area contributed by atoms with Gasteiger partial charge in [0.05, 0.1) is 0 Å². The maximum absolute atomic E-state index is 8.62. The molecule has 0 fully saturated rings. The molecule has 0 unspecified atom stereocenters. The van der Waals surface area contributed by atoms with Crippen molar-refractivity contribution in [3.63, 3.8) is 0 Å². The molecule has 0 amide bonds. The summed E-state index contributed by atoms with van der Waals surface area (Å²) in [7, 11) is 0. The molecule has 0 bridgehead atoms. The van der Waals surface area contributed by atoms with Gasteiger partial charge in [-0.15, -0.1) is 0 Å². The van der Waals surface area contributed by atoms with E-state index < -0.39 is 0 Å². The van der Waals surface area contributed by atoms with Gasteiger partial charge in [0.15, 0.2) is 0 Å². The van der Waals surface area contributed by atoms with Crippen LogP contribution >= 0.6 is 0 Å². The molecule has 0 aromatic carbocycles. The van der Waals surface area contributed by atoms with E-state index in [2.05, 4.69) is 44.2 Å². The summed E-state index contributed by atoms with van der Waals surface area (Å²) in [6, 6.07) is 0. The van der Waals surface area contributed by atoms with Crippen molar-refractivity contribution >= 4 is 0 Å². The van der Waals surface area contributed by atoms with E-state index in [1.54, 1.807) is 0 Å². The minimum atomic E-state index is 0.348. The third-order valence-electron chi connectivity index (χ3n) is 2.57. The molecule has 0 heterocycles. The van der Waals surface area contributed by atoms with Gasteiger partial charge in [-0.05, 0) is 33.1 Å². The van der Waals surface area contributed by atoms with Gasteiger partial charge in [0.1, 0.15) is 0 Å². The first-order valence-electron chi connectivity index (χ1n) is 6.85. The molecule has 0 spiro atoms. The third-order valence-corrected chi connectivity index (χ3v) is 2.57. The fourth-order valence-electron chi connectivity index (χ4n) is 1.57. The maximum Gasteiger partial charge on any atom is 0.0431 e. The van der Waals surface area contributed by atoms with Crippen molar-refractivity contribution in [1.29, 1.82) is 0 Å². The number of rotatable bonds is 10. The number of aliphatic hydroxyl groups is 1. The van der Waals surface area contributed by atoms with Gasteiger partial charge in [-0.3, -0.25) is 0 Å². The zero-order valence-corrected chi connectivity index (χ0v) is 11.5. The molecule has 1 nitrogen and oxygen atoms in total. The molecule has 0 aliphatic carbocycles. The van der Waals surface area contributed by atoms with Crippen molar-refractivity contribution in [3.05, 3.63) is 36.0 Å². The molecule has 0 atom stereocenters. The van der Waals surface area contributed by atoms with Crippen LogP contribution in [0.4, 0.5) is 0 Å². The van der Waals surface area contributed by atoms with Crippen molar-refractivity contribution in [2.45, 2.75) is 58.8 Å². The monoisotopic (exact) mass is 236 g/mol. The van der Waals surface area contributed by atoms with Crippen LogP contribution in [0, 0.1) is 0 Å². The van der Waals surface area contributed by atoms with Gasteiger partial charge in [-0.2, -0.15) is 0 Å². The Hall–Kier alpha value is -0.820. The molecule has 1 N–H and O–H groups in total. The number of unbranched alkanes of at least 4 members (excludes halogenated alkanes) is 6. The SMILES string of the molecule is CC(C)=CC=CC=CCCCCCCCCO. The zero-order chi connectivity index (χ0) is 12.8. The van der Waals surface area contributed by atoms with Gasteiger partial charge in [-0.1, -0.05) is 61.6 Å². The summed E-state index contributed by atoms with van der Waals surface area (Å²) in [5.74, 6) is 0. The first kappa shape index (κ1) is 16.2. The Morgan fingerprint density at radius 3 is 2.12 bits per heavy atom. The Labute approximate surface area is 107 Å². The van der Waals surface area contributed by atoms with Gasteiger partial charge in [0.2, 0.25) is 0 Å². The van der Waals surface area contributed by atoms with Crippen molar-refractivity contribution in [1.82, 2.24) is 0 Å². The molecule has 17 heavy (non-hydrogen) atoms. The van der Waals surface area contributed by atoms with E-state index in [1.165, 1.54) is 44.1 Å². The fourth-order valence-corrected chi connectivity index (χ4v) is 1.57. The maximum atomic E-state index is 8.62. The summed E-state index contributed by atoms with van der Waals surface area (Å²) in [6.45, 7) is 4.55. The van der Waals surface area contributed by atoms with E-state index in [0.717, 1.165) is 6.42 Å². The molecule has 0 saturated heterocycles. The zero-order valence-electron chi connectivity index (χ0n) is 11.5. The third kappa shape index (κ3) is 15.2. The highest BCUT2D eigenvalue weighted by atomic mass is 16.2. The van der Waals surface area contributed by atoms with Gasteiger partial charge >= 0.3 is 0 Å². The molecule has 0 aliphatic heterocycles. The number of hydrogen-bond donors (Lipinski definition) is 1. The predicted molar refractivity (Wildman–Crippen MR) is 77.1 cm³/mol. The lowest BCUT2D eigenvalue weighted by Crippen LogP contribution is -1.83. The molecule has 1 heteroatoms. The van der Waals surface area contributed by atoms with Gasteiger partial charge in [0, 0.05) is 6.61 Å². The van der Waals surface area contributed by atoms with E-state index in [-0.39, 0.29) is 0 Å². The standard InChI is InChI=1S/C16H28O/c1-16(2)14-12-10-8-6-4-3-5-7-9-11-13-15-17/h6,8,10,12,14,17H,3-5,7,9,11,13,15H2,1-2H3. The van der Waals surface area contributed by atoms with E-state index in [4.69, 9.17) is 5.11 Å². The minimum absolute atomic E-state index is 0.348. The lowest BCUT2D eigenvalue weighted by atomic mass is 10.1. The van der Waals surface area contributed by atoms with Crippen LogP contribution in [0.15, 0.2) is 36.0 Å². The fraction of sp³-hybridized carbons (Fsp3) is 0.625. The highest BCUT2D eigenvalue weighted by Crippen LogP contribution is 2.07. The molecule has 0 aromatic rings. The topological polar surface area (TPSA) is 20.2 Å². The molecular formula is C16H28O. The second-order valence-electron chi connectivity index (χ2n) is 4.69. The Morgan fingerprint density at radius 2 is 1.47 bits per heavy atom. The average Bonchev–Trinajstić information content (AvgIpc) is 2.30. The van der Waals surface area contributed by atoms with E-state index >= 15 is 0 Å². The van der Waals surface area contributed by atoms with Gasteiger partial charge < -0.3 is 5.11 Å². The normalized spacial score (nSPS) is 11.5. The van der Waals surface area contributed by atoms with Crippen LogP contribution in [-0.4, -0.2) is 11.7 Å². The van der Waals surface area contributed by atoms with Crippen LogP contribution < -0.4 is 0 Å². The first-order chi connectivity index (χ1) is 8.27. The molecular weight excluding hydrogens is 208 g/mol. The highest BCUT2D eigenvalue weighted by Gasteiger charge is 1.89. The summed E-state index contributed by atoms with van der Waals surface area (Å²) in [5.41, 5.74) is 1.33. The van der Waals surface area contributed by atoms with Crippen LogP contribution in [-0.2, 0) is 0 Å². The highest BCUT2D eigenvalue weighted by molar-refractivity contribution is 5.13. The largest absolute Gasteiger partial charge is 0.396 e. The van der Waals surface area contributed by atoms with Crippen molar-refractivity contribution in [2.24, 2.45) is 0 Å². The van der Waals surface area contributed by atoms with Crippen molar-refractivity contribution < 1.29 is 5.11 Å². The molecule has 0 aliphatic rings. The summed E-state index contributed by atoms with van der Waals surface area (Å²) in [6.07, 6.45) is 19.2. The molecule has 0 radical (unpaired) electrons. The summed E-state index contributed by atoms with van der Waals surface area (Å²) in [5, 5.41) is 8.62. The Morgan fingerprint density at radius 1 is 0.824 bits per heavy atom. The molecule has 98 valence electrons.